The Hall–Kier alpha value is -4.06. The summed E-state index contributed by atoms with van der Waals surface area (Å²) in [5.41, 5.74) is 3.90. The van der Waals surface area contributed by atoms with E-state index in [1.54, 1.807) is 7.11 Å². The molecule has 0 aliphatic rings. The number of likely N-dealkylation sites (N-methyl/N-ethyl adjacent to an activating group) is 2. The maximum absolute atomic E-state index is 13.0. The Kier molecular flexibility index (Phi) is 11.6. The minimum Gasteiger partial charge on any atom is -0.497 e. The Balaban J connectivity index is 0.000000236. The molecule has 0 saturated heterocycles. The van der Waals surface area contributed by atoms with Crippen LogP contribution in [0, 0.1) is 6.92 Å². The van der Waals surface area contributed by atoms with Crippen molar-refractivity contribution in [3.63, 3.8) is 0 Å². The standard InChI is InChI=1S/C19H23NO2.C19H23NO/c1-19(20(2)3,18(21)16-8-6-5-7-9-16)14-15-10-12-17(22-4)13-11-15;1-15-10-12-16(13-11-15)14-19(2,20(3)4)18(21)17-8-6-5-7-9-17/h5-13H,14H2,1-4H3;5-13H,14H2,1-4H3. The quantitative estimate of drug-likeness (QED) is 0.177. The van der Waals surface area contributed by atoms with Gasteiger partial charge in [-0.1, -0.05) is 103 Å². The van der Waals surface area contributed by atoms with Crippen LogP contribution in [-0.2, 0) is 12.8 Å². The molecule has 5 heteroatoms. The molecule has 0 aliphatic heterocycles. The summed E-state index contributed by atoms with van der Waals surface area (Å²) < 4.78 is 5.19. The molecule has 4 aromatic carbocycles. The van der Waals surface area contributed by atoms with Crippen LogP contribution >= 0.6 is 0 Å². The molecule has 43 heavy (non-hydrogen) atoms. The fraction of sp³-hybridized carbons (Fsp3) is 0.316. The van der Waals surface area contributed by atoms with Gasteiger partial charge in [-0.15, -0.1) is 0 Å². The highest BCUT2D eigenvalue weighted by molar-refractivity contribution is 6.03. The number of methoxy groups -OCH3 is 1. The summed E-state index contributed by atoms with van der Waals surface area (Å²) in [6, 6.07) is 35.3. The van der Waals surface area contributed by atoms with Gasteiger partial charge in [0, 0.05) is 11.1 Å². The van der Waals surface area contributed by atoms with E-state index in [1.165, 1.54) is 11.1 Å². The highest BCUT2D eigenvalue weighted by Gasteiger charge is 2.37. The van der Waals surface area contributed by atoms with E-state index in [9.17, 15) is 9.59 Å². The number of hydrogen-bond donors (Lipinski definition) is 0. The Morgan fingerprint density at radius 2 is 0.930 bits per heavy atom. The first-order chi connectivity index (χ1) is 20.4. The van der Waals surface area contributed by atoms with E-state index in [2.05, 4.69) is 31.2 Å². The van der Waals surface area contributed by atoms with Crippen molar-refractivity contribution in [1.29, 1.82) is 0 Å². The maximum atomic E-state index is 13.0. The van der Waals surface area contributed by atoms with Gasteiger partial charge in [0.1, 0.15) is 5.75 Å². The number of carbonyl (C=O) groups is 2. The van der Waals surface area contributed by atoms with E-state index in [-0.39, 0.29) is 11.6 Å². The molecule has 0 heterocycles. The van der Waals surface area contributed by atoms with E-state index >= 15 is 0 Å². The molecule has 0 fully saturated rings. The molecular weight excluding hydrogens is 532 g/mol. The van der Waals surface area contributed by atoms with Crippen LogP contribution in [0.3, 0.4) is 0 Å². The summed E-state index contributed by atoms with van der Waals surface area (Å²) in [5, 5.41) is 0. The zero-order valence-corrected chi connectivity index (χ0v) is 26.9. The summed E-state index contributed by atoms with van der Waals surface area (Å²) in [6.07, 6.45) is 1.35. The third-order valence-electron chi connectivity index (χ3n) is 8.40. The number of ketones is 2. The molecular formula is C38H46N2O3. The van der Waals surface area contributed by atoms with E-state index in [0.717, 1.165) is 22.4 Å². The Morgan fingerprint density at radius 3 is 1.26 bits per heavy atom. The molecule has 0 bridgehead atoms. The first kappa shape index (κ1) is 33.4. The average molecular weight is 579 g/mol. The molecule has 0 spiro atoms. The van der Waals surface area contributed by atoms with Crippen LogP contribution < -0.4 is 4.74 Å². The third kappa shape index (κ3) is 8.50. The van der Waals surface area contributed by atoms with Gasteiger partial charge in [0.05, 0.1) is 18.2 Å². The second-order valence-corrected chi connectivity index (χ2v) is 11.9. The first-order valence-corrected chi connectivity index (χ1v) is 14.6. The lowest BCUT2D eigenvalue weighted by atomic mass is 9.84. The zero-order valence-electron chi connectivity index (χ0n) is 26.9. The van der Waals surface area contributed by atoms with Crippen molar-refractivity contribution in [2.24, 2.45) is 0 Å². The van der Waals surface area contributed by atoms with Crippen LogP contribution in [0.25, 0.3) is 0 Å². The molecule has 2 atom stereocenters. The SMILES string of the molecule is COc1ccc(CC(C)(C(=O)c2ccccc2)N(C)C)cc1.Cc1ccc(CC(C)(C(=O)c2ccccc2)N(C)C)cc1. The summed E-state index contributed by atoms with van der Waals surface area (Å²) in [5.74, 6) is 1.12. The number of carbonyl (C=O) groups excluding carboxylic acids is 2. The van der Waals surface area contributed by atoms with E-state index in [0.29, 0.717) is 12.8 Å². The van der Waals surface area contributed by atoms with Crippen LogP contribution in [0.2, 0.25) is 0 Å². The van der Waals surface area contributed by atoms with Crippen LogP contribution in [0.15, 0.2) is 109 Å². The zero-order chi connectivity index (χ0) is 31.6. The molecule has 4 rings (SSSR count). The number of Topliss-reactive ketones (excluding diaryl/α,β-unsaturated/α-hetero) is 2. The molecule has 0 saturated carbocycles. The molecule has 0 radical (unpaired) electrons. The lowest BCUT2D eigenvalue weighted by Gasteiger charge is -2.35. The smallest absolute Gasteiger partial charge is 0.183 e. The van der Waals surface area contributed by atoms with Crippen molar-refractivity contribution in [1.82, 2.24) is 9.80 Å². The number of hydrogen-bond acceptors (Lipinski definition) is 5. The number of aryl methyl sites for hydroxylation is 1. The van der Waals surface area contributed by atoms with Crippen molar-refractivity contribution in [3.8, 4) is 5.75 Å². The van der Waals surface area contributed by atoms with Gasteiger partial charge in [-0.3, -0.25) is 19.4 Å². The van der Waals surface area contributed by atoms with Gasteiger partial charge in [-0.05, 0) is 85.1 Å². The van der Waals surface area contributed by atoms with Crippen molar-refractivity contribution in [2.45, 2.75) is 44.7 Å². The molecule has 226 valence electrons. The molecule has 0 N–H and O–H groups in total. The van der Waals surface area contributed by atoms with Crippen molar-refractivity contribution in [2.75, 3.05) is 35.3 Å². The predicted molar refractivity (Wildman–Crippen MR) is 177 cm³/mol. The van der Waals surface area contributed by atoms with Crippen molar-refractivity contribution < 1.29 is 14.3 Å². The highest BCUT2D eigenvalue weighted by Crippen LogP contribution is 2.26. The summed E-state index contributed by atoms with van der Waals surface area (Å²) >= 11 is 0. The predicted octanol–water partition coefficient (Wildman–Crippen LogP) is 7.18. The first-order valence-electron chi connectivity index (χ1n) is 14.6. The van der Waals surface area contributed by atoms with Gasteiger partial charge < -0.3 is 4.74 Å². The lowest BCUT2D eigenvalue weighted by Crippen LogP contribution is -2.50. The second kappa shape index (κ2) is 14.9. The summed E-state index contributed by atoms with van der Waals surface area (Å²) in [6.45, 7) is 6.08. The molecule has 5 nitrogen and oxygen atoms in total. The number of nitrogens with zero attached hydrogens (tertiary/aromatic N) is 2. The average Bonchev–Trinajstić information content (AvgIpc) is 3.02. The van der Waals surface area contributed by atoms with Crippen molar-refractivity contribution in [3.05, 3.63) is 137 Å². The summed E-state index contributed by atoms with van der Waals surface area (Å²) in [4.78, 5) is 29.9. The van der Waals surface area contributed by atoms with Crippen molar-refractivity contribution >= 4 is 11.6 Å². The third-order valence-corrected chi connectivity index (χ3v) is 8.40. The van der Waals surface area contributed by atoms with Gasteiger partial charge in [0.2, 0.25) is 0 Å². The monoisotopic (exact) mass is 578 g/mol. The Morgan fingerprint density at radius 1 is 0.581 bits per heavy atom. The Bertz CT molecular complexity index is 1450. The fourth-order valence-corrected chi connectivity index (χ4v) is 4.93. The molecule has 0 aliphatic carbocycles. The van der Waals surface area contributed by atoms with Gasteiger partial charge in [-0.25, -0.2) is 0 Å². The van der Waals surface area contributed by atoms with E-state index in [1.807, 2.05) is 137 Å². The van der Waals surface area contributed by atoms with Crippen LogP contribution in [0.1, 0.15) is 51.3 Å². The normalized spacial score (nSPS) is 13.8. The fourth-order valence-electron chi connectivity index (χ4n) is 4.93. The largest absolute Gasteiger partial charge is 0.497 e. The van der Waals surface area contributed by atoms with Crippen LogP contribution in [0.5, 0.6) is 5.75 Å². The van der Waals surface area contributed by atoms with Crippen LogP contribution in [-0.4, -0.2) is 67.7 Å². The number of ether oxygens (including phenoxy) is 1. The van der Waals surface area contributed by atoms with Crippen LogP contribution in [0.4, 0.5) is 0 Å². The molecule has 2 unspecified atom stereocenters. The number of rotatable bonds is 11. The Labute approximate surface area is 258 Å². The minimum atomic E-state index is -0.587. The van der Waals surface area contributed by atoms with Gasteiger partial charge >= 0.3 is 0 Å². The molecule has 4 aromatic rings. The highest BCUT2D eigenvalue weighted by atomic mass is 16.5. The lowest BCUT2D eigenvalue weighted by molar-refractivity contribution is 0.0713. The summed E-state index contributed by atoms with van der Waals surface area (Å²) in [7, 11) is 9.48. The maximum Gasteiger partial charge on any atom is 0.183 e. The topological polar surface area (TPSA) is 49.9 Å². The van der Waals surface area contributed by atoms with E-state index < -0.39 is 11.1 Å². The van der Waals surface area contributed by atoms with Gasteiger partial charge in [0.25, 0.3) is 0 Å². The molecule has 0 amide bonds. The second-order valence-electron chi connectivity index (χ2n) is 11.9. The van der Waals surface area contributed by atoms with Gasteiger partial charge in [-0.2, -0.15) is 0 Å². The molecule has 0 aromatic heterocycles. The number of benzene rings is 4. The minimum absolute atomic E-state index is 0.133. The van der Waals surface area contributed by atoms with Gasteiger partial charge in [0.15, 0.2) is 11.6 Å². The van der Waals surface area contributed by atoms with E-state index in [4.69, 9.17) is 4.74 Å².